The highest BCUT2D eigenvalue weighted by Crippen LogP contribution is 2.64. The number of rotatable bonds is 1. The van der Waals surface area contributed by atoms with Gasteiger partial charge in [-0.25, -0.2) is 4.79 Å². The Balaban J connectivity index is 1.65. The van der Waals surface area contributed by atoms with Gasteiger partial charge in [-0.3, -0.25) is 0 Å². The molecule has 0 aromatic heterocycles. The Morgan fingerprint density at radius 3 is 2.73 bits per heavy atom. The summed E-state index contributed by atoms with van der Waals surface area (Å²) in [5, 5.41) is 9.28. The average molecular weight is 300 g/mol. The highest BCUT2D eigenvalue weighted by Gasteiger charge is 2.56. The Hall–Kier alpha value is -1.05. The van der Waals surface area contributed by atoms with E-state index in [1.807, 2.05) is 6.08 Å². The Bertz CT molecular complexity index is 560. The van der Waals surface area contributed by atoms with Gasteiger partial charge in [0.25, 0.3) is 0 Å². The second-order valence-electron chi connectivity index (χ2n) is 8.77. The zero-order valence-electron chi connectivity index (χ0n) is 13.8. The van der Waals surface area contributed by atoms with Gasteiger partial charge in [-0.2, -0.15) is 0 Å². The Labute approximate surface area is 133 Å². The Kier molecular flexibility index (Phi) is 3.12. The summed E-state index contributed by atoms with van der Waals surface area (Å²) in [6, 6.07) is 0. The van der Waals surface area contributed by atoms with Crippen LogP contribution in [0, 0.1) is 34.5 Å². The molecule has 3 fully saturated rings. The van der Waals surface area contributed by atoms with Crippen molar-refractivity contribution in [2.75, 3.05) is 0 Å². The molecule has 0 heterocycles. The quantitative estimate of drug-likeness (QED) is 0.754. The van der Waals surface area contributed by atoms with Crippen molar-refractivity contribution >= 4 is 5.97 Å². The van der Waals surface area contributed by atoms with Gasteiger partial charge in [-0.05, 0) is 73.0 Å². The third kappa shape index (κ3) is 1.88. The van der Waals surface area contributed by atoms with Crippen LogP contribution in [0.25, 0.3) is 0 Å². The van der Waals surface area contributed by atoms with Crippen LogP contribution in [-0.2, 0) is 4.79 Å². The number of aliphatic carboxylic acids is 1. The molecule has 0 radical (unpaired) electrons. The fourth-order valence-corrected chi connectivity index (χ4v) is 6.61. The minimum absolute atomic E-state index is 0.186. The predicted molar refractivity (Wildman–Crippen MR) is 87.4 cm³/mol. The summed E-state index contributed by atoms with van der Waals surface area (Å²) in [4.78, 5) is 11.3. The van der Waals surface area contributed by atoms with E-state index in [2.05, 4.69) is 26.0 Å². The molecule has 0 amide bonds. The molecule has 22 heavy (non-hydrogen) atoms. The minimum atomic E-state index is -0.771. The number of carboxylic acids is 1. The number of allylic oxidation sites excluding steroid dienone is 2. The lowest BCUT2D eigenvalue weighted by molar-refractivity contribution is -0.132. The first kappa shape index (κ1) is 14.5. The van der Waals surface area contributed by atoms with Crippen LogP contribution in [0.1, 0.15) is 58.8 Å². The Morgan fingerprint density at radius 2 is 1.95 bits per heavy atom. The third-order valence-electron chi connectivity index (χ3n) is 7.88. The van der Waals surface area contributed by atoms with E-state index >= 15 is 0 Å². The van der Waals surface area contributed by atoms with Gasteiger partial charge in [0.05, 0.1) is 5.57 Å². The van der Waals surface area contributed by atoms with Crippen LogP contribution in [-0.4, -0.2) is 11.1 Å². The van der Waals surface area contributed by atoms with Crippen LogP contribution < -0.4 is 0 Å². The molecule has 0 spiro atoms. The SMILES string of the molecule is C[C@@]12CCCC1C1CC[C@H]3C=C(C(=O)O)C=C[C@]3(C)C1CC2. The topological polar surface area (TPSA) is 37.3 Å². The molecule has 3 unspecified atom stereocenters. The van der Waals surface area contributed by atoms with E-state index in [0.29, 0.717) is 16.9 Å². The van der Waals surface area contributed by atoms with E-state index in [4.69, 9.17) is 0 Å². The minimum Gasteiger partial charge on any atom is -0.478 e. The van der Waals surface area contributed by atoms with E-state index in [1.54, 1.807) is 0 Å². The van der Waals surface area contributed by atoms with Crippen molar-refractivity contribution in [3.05, 3.63) is 23.8 Å². The molecule has 120 valence electrons. The van der Waals surface area contributed by atoms with Gasteiger partial charge in [-0.1, -0.05) is 38.5 Å². The summed E-state index contributed by atoms with van der Waals surface area (Å²) in [5.74, 6) is 2.20. The second kappa shape index (κ2) is 4.72. The molecular weight excluding hydrogens is 272 g/mol. The van der Waals surface area contributed by atoms with Crippen LogP contribution in [0.3, 0.4) is 0 Å². The summed E-state index contributed by atoms with van der Waals surface area (Å²) < 4.78 is 0. The van der Waals surface area contributed by atoms with Crippen molar-refractivity contribution in [2.24, 2.45) is 34.5 Å². The van der Waals surface area contributed by atoms with Gasteiger partial charge in [0.2, 0.25) is 0 Å². The molecule has 0 bridgehead atoms. The maximum absolute atomic E-state index is 11.3. The van der Waals surface area contributed by atoms with Crippen LogP contribution in [0.2, 0.25) is 0 Å². The zero-order valence-corrected chi connectivity index (χ0v) is 13.8. The molecule has 4 rings (SSSR count). The number of fused-ring (bicyclic) bond motifs is 5. The summed E-state index contributed by atoms with van der Waals surface area (Å²) in [5.41, 5.74) is 1.29. The molecule has 3 saturated carbocycles. The van der Waals surface area contributed by atoms with Crippen molar-refractivity contribution in [1.82, 2.24) is 0 Å². The van der Waals surface area contributed by atoms with E-state index in [0.717, 1.165) is 17.8 Å². The molecule has 0 aromatic rings. The fraction of sp³-hybridized carbons (Fsp3) is 0.750. The average Bonchev–Trinajstić information content (AvgIpc) is 2.88. The maximum atomic E-state index is 11.3. The second-order valence-corrected chi connectivity index (χ2v) is 8.77. The van der Waals surface area contributed by atoms with Gasteiger partial charge < -0.3 is 5.11 Å². The van der Waals surface area contributed by atoms with E-state index in [1.165, 1.54) is 44.9 Å². The largest absolute Gasteiger partial charge is 0.478 e. The number of hydrogen-bond acceptors (Lipinski definition) is 1. The summed E-state index contributed by atoms with van der Waals surface area (Å²) in [6.07, 6.45) is 15.7. The van der Waals surface area contributed by atoms with Gasteiger partial charge in [0, 0.05) is 0 Å². The standard InChI is InChI=1S/C20H28O2/c1-19-9-3-4-16(19)15-6-5-14-12-13(18(21)22)7-11-20(14,2)17(15)8-10-19/h7,11-12,14-17H,3-6,8-10H2,1-2H3,(H,21,22)/t14-,15?,16?,17?,19-,20-/m0/s1. The third-order valence-corrected chi connectivity index (χ3v) is 7.88. The first-order chi connectivity index (χ1) is 10.4. The van der Waals surface area contributed by atoms with Crippen molar-refractivity contribution in [3.8, 4) is 0 Å². The van der Waals surface area contributed by atoms with Gasteiger partial charge in [-0.15, -0.1) is 0 Å². The molecular formula is C20H28O2. The normalized spacial score (nSPS) is 49.8. The van der Waals surface area contributed by atoms with Gasteiger partial charge >= 0.3 is 5.97 Å². The lowest BCUT2D eigenvalue weighted by atomic mass is 9.47. The summed E-state index contributed by atoms with van der Waals surface area (Å²) in [7, 11) is 0. The highest BCUT2D eigenvalue weighted by molar-refractivity contribution is 5.90. The number of hydrogen-bond donors (Lipinski definition) is 1. The number of carboxylic acid groups (broad SMARTS) is 1. The lowest BCUT2D eigenvalue weighted by Crippen LogP contribution is -2.50. The van der Waals surface area contributed by atoms with Gasteiger partial charge in [0.15, 0.2) is 0 Å². The van der Waals surface area contributed by atoms with Crippen molar-refractivity contribution < 1.29 is 9.90 Å². The molecule has 6 atom stereocenters. The molecule has 4 aliphatic rings. The van der Waals surface area contributed by atoms with E-state index < -0.39 is 5.97 Å². The molecule has 2 heteroatoms. The zero-order chi connectivity index (χ0) is 15.5. The van der Waals surface area contributed by atoms with Gasteiger partial charge in [0.1, 0.15) is 0 Å². The van der Waals surface area contributed by atoms with Crippen LogP contribution in [0.4, 0.5) is 0 Å². The highest BCUT2D eigenvalue weighted by atomic mass is 16.4. The first-order valence-corrected chi connectivity index (χ1v) is 9.08. The smallest absolute Gasteiger partial charge is 0.335 e. The molecule has 2 nitrogen and oxygen atoms in total. The van der Waals surface area contributed by atoms with E-state index in [-0.39, 0.29) is 5.41 Å². The maximum Gasteiger partial charge on any atom is 0.335 e. The monoisotopic (exact) mass is 300 g/mol. The molecule has 0 saturated heterocycles. The summed E-state index contributed by atoms with van der Waals surface area (Å²) in [6.45, 7) is 4.94. The van der Waals surface area contributed by atoms with Crippen molar-refractivity contribution in [3.63, 3.8) is 0 Å². The van der Waals surface area contributed by atoms with Crippen molar-refractivity contribution in [1.29, 1.82) is 0 Å². The summed E-state index contributed by atoms with van der Waals surface area (Å²) >= 11 is 0. The first-order valence-electron chi connectivity index (χ1n) is 9.08. The molecule has 0 aromatic carbocycles. The van der Waals surface area contributed by atoms with Crippen LogP contribution in [0.5, 0.6) is 0 Å². The lowest BCUT2D eigenvalue weighted by Gasteiger charge is -2.57. The number of carbonyl (C=O) groups is 1. The predicted octanol–water partition coefficient (Wildman–Crippen LogP) is 4.82. The van der Waals surface area contributed by atoms with E-state index in [9.17, 15) is 9.90 Å². The van der Waals surface area contributed by atoms with Crippen LogP contribution in [0.15, 0.2) is 23.8 Å². The molecule has 0 aliphatic heterocycles. The van der Waals surface area contributed by atoms with Crippen molar-refractivity contribution in [2.45, 2.75) is 58.8 Å². The fourth-order valence-electron chi connectivity index (χ4n) is 6.61. The Morgan fingerprint density at radius 1 is 1.14 bits per heavy atom. The molecule has 1 N–H and O–H groups in total. The molecule has 4 aliphatic carbocycles. The van der Waals surface area contributed by atoms with Crippen LogP contribution >= 0.6 is 0 Å².